The smallest absolute Gasteiger partial charge is 0.0104 e. The monoisotopic (exact) mass is 781 g/mol. The van der Waals surface area contributed by atoms with Gasteiger partial charge in [-0.05, 0) is 194 Å². The van der Waals surface area contributed by atoms with Gasteiger partial charge in [-0.25, -0.2) is 0 Å². The van der Waals surface area contributed by atoms with E-state index >= 15 is 0 Å². The standard InChI is InChI=1S/C55H92N2/c1-55(2)53-39-49(56(45-19-11-5-12-20-45)47-31-27-43(28-32-47)25-23-41-15-7-3-8-16-41)35-37-51(53)52-38-36-50(40-54(52)55)57(46-21-13-6-14-22-46)48-33-29-44(30-34-48)26-24-42-17-9-4-10-18-42/h23-26,41-54H,3-22,27-40H2,1-2H3. The number of rotatable bonds is 10. The molecule has 9 fully saturated rings. The summed E-state index contributed by atoms with van der Waals surface area (Å²) in [6.45, 7) is 5.65. The Kier molecular flexibility index (Phi) is 14.4. The number of nitrogens with zero attached hydrogens (tertiary/aromatic N) is 2. The van der Waals surface area contributed by atoms with Crippen LogP contribution in [0.15, 0.2) is 24.3 Å². The van der Waals surface area contributed by atoms with E-state index in [0.29, 0.717) is 5.41 Å². The van der Waals surface area contributed by atoms with Gasteiger partial charge in [0, 0.05) is 36.3 Å². The highest BCUT2D eigenvalue weighted by molar-refractivity contribution is 5.10. The largest absolute Gasteiger partial charge is 0.294 e. The Morgan fingerprint density at radius 1 is 0.298 bits per heavy atom. The molecule has 0 radical (unpaired) electrons. The van der Waals surface area contributed by atoms with Crippen LogP contribution in [0.2, 0.25) is 0 Å². The van der Waals surface area contributed by atoms with Crippen molar-refractivity contribution in [2.45, 2.75) is 268 Å². The molecular formula is C55H92N2. The molecule has 2 heteroatoms. The van der Waals surface area contributed by atoms with Gasteiger partial charge in [-0.1, -0.05) is 115 Å². The fraction of sp³-hybridized carbons (Fsp3) is 0.927. The number of hydrogen-bond donors (Lipinski definition) is 0. The molecule has 6 unspecified atom stereocenters. The van der Waals surface area contributed by atoms with Crippen LogP contribution in [0.5, 0.6) is 0 Å². The SMILES string of the molecule is CC1(C)C2CC(N(C3CCCCC3)C3CCC(C=CC4CCCCC4)CC3)CCC2C2CCC(N(C3CCCCC3)C3CCC(C=CC4CCCCC4)CC3)CC21. The highest BCUT2D eigenvalue weighted by Crippen LogP contribution is 2.64. The van der Waals surface area contributed by atoms with Gasteiger partial charge in [-0.3, -0.25) is 9.80 Å². The van der Waals surface area contributed by atoms with Crippen LogP contribution in [0.4, 0.5) is 0 Å². The van der Waals surface area contributed by atoms with Crippen molar-refractivity contribution in [3.8, 4) is 0 Å². The second-order valence-corrected chi connectivity index (χ2v) is 23.5. The fourth-order valence-corrected chi connectivity index (χ4v) is 16.9. The lowest BCUT2D eigenvalue weighted by Gasteiger charge is -2.51. The summed E-state index contributed by atoms with van der Waals surface area (Å²) >= 11 is 0. The zero-order valence-electron chi connectivity index (χ0n) is 37.8. The molecule has 0 aliphatic heterocycles. The van der Waals surface area contributed by atoms with Gasteiger partial charge in [0.05, 0.1) is 0 Å². The lowest BCUT2D eigenvalue weighted by atomic mass is 9.66. The molecule has 322 valence electrons. The molecule has 2 nitrogen and oxygen atoms in total. The molecule has 0 aromatic rings. The molecule has 0 saturated heterocycles. The van der Waals surface area contributed by atoms with Crippen LogP contribution in [-0.4, -0.2) is 46.1 Å². The van der Waals surface area contributed by atoms with Crippen molar-refractivity contribution in [2.75, 3.05) is 0 Å². The van der Waals surface area contributed by atoms with Crippen molar-refractivity contribution < 1.29 is 0 Å². The minimum Gasteiger partial charge on any atom is -0.294 e. The van der Waals surface area contributed by atoms with Crippen LogP contribution in [-0.2, 0) is 0 Å². The molecular weight excluding hydrogens is 689 g/mol. The van der Waals surface area contributed by atoms with E-state index in [-0.39, 0.29) is 0 Å². The first-order valence-corrected chi connectivity index (χ1v) is 26.9. The third-order valence-electron chi connectivity index (χ3n) is 20.0. The predicted octanol–water partition coefficient (Wildman–Crippen LogP) is 15.3. The van der Waals surface area contributed by atoms with E-state index in [1.807, 2.05) is 0 Å². The highest BCUT2D eigenvalue weighted by Gasteiger charge is 2.59. The van der Waals surface area contributed by atoms with Crippen LogP contribution >= 0.6 is 0 Å². The van der Waals surface area contributed by atoms with Crippen molar-refractivity contribution in [2.24, 2.45) is 52.8 Å². The first kappa shape index (κ1) is 41.7. The molecule has 6 atom stereocenters. The van der Waals surface area contributed by atoms with Gasteiger partial charge in [0.25, 0.3) is 0 Å². The van der Waals surface area contributed by atoms with Gasteiger partial charge in [0.1, 0.15) is 0 Å². The summed E-state index contributed by atoms with van der Waals surface area (Å²) in [5.41, 5.74) is 0.506. The van der Waals surface area contributed by atoms with Gasteiger partial charge in [-0.15, -0.1) is 0 Å². The Labute approximate surface area is 354 Å². The molecule has 0 amide bonds. The van der Waals surface area contributed by atoms with Crippen molar-refractivity contribution in [1.82, 2.24) is 9.80 Å². The summed E-state index contributed by atoms with van der Waals surface area (Å²) in [4.78, 5) is 6.62. The topological polar surface area (TPSA) is 6.48 Å². The Morgan fingerprint density at radius 3 is 0.930 bits per heavy atom. The van der Waals surface area contributed by atoms with E-state index in [4.69, 9.17) is 0 Å². The Morgan fingerprint density at radius 2 is 0.579 bits per heavy atom. The zero-order chi connectivity index (χ0) is 38.6. The van der Waals surface area contributed by atoms with Gasteiger partial charge in [0.15, 0.2) is 0 Å². The van der Waals surface area contributed by atoms with E-state index < -0.39 is 0 Å². The maximum absolute atomic E-state index is 3.31. The summed E-state index contributed by atoms with van der Waals surface area (Å²) < 4.78 is 0. The van der Waals surface area contributed by atoms with Crippen molar-refractivity contribution in [3.63, 3.8) is 0 Å². The van der Waals surface area contributed by atoms with Gasteiger partial charge < -0.3 is 0 Å². The summed E-state index contributed by atoms with van der Waals surface area (Å²) in [7, 11) is 0. The number of hydrogen-bond acceptors (Lipinski definition) is 2. The van der Waals surface area contributed by atoms with Crippen LogP contribution < -0.4 is 0 Å². The summed E-state index contributed by atoms with van der Waals surface area (Å²) in [5.74, 6) is 7.48. The summed E-state index contributed by atoms with van der Waals surface area (Å²) in [6.07, 6.45) is 61.4. The van der Waals surface area contributed by atoms with E-state index in [1.54, 1.807) is 12.8 Å². The predicted molar refractivity (Wildman–Crippen MR) is 243 cm³/mol. The second kappa shape index (κ2) is 19.6. The van der Waals surface area contributed by atoms with Crippen molar-refractivity contribution >= 4 is 0 Å². The van der Waals surface area contributed by atoms with Gasteiger partial charge in [0.2, 0.25) is 0 Å². The minimum atomic E-state index is 0.506. The molecule has 9 aliphatic rings. The van der Waals surface area contributed by atoms with Crippen LogP contribution in [0, 0.1) is 52.8 Å². The quantitative estimate of drug-likeness (QED) is 0.204. The molecule has 0 spiro atoms. The van der Waals surface area contributed by atoms with Gasteiger partial charge in [-0.2, -0.15) is 0 Å². The van der Waals surface area contributed by atoms with Crippen molar-refractivity contribution in [1.29, 1.82) is 0 Å². The summed E-state index contributed by atoms with van der Waals surface area (Å²) in [5, 5.41) is 0. The third-order valence-corrected chi connectivity index (χ3v) is 20.0. The zero-order valence-corrected chi connectivity index (χ0v) is 37.8. The Bertz CT molecular complexity index is 1160. The molecule has 9 rings (SSSR count). The lowest BCUT2D eigenvalue weighted by molar-refractivity contribution is -0.0169. The Balaban J connectivity index is 0.853. The maximum atomic E-state index is 3.31. The molecule has 0 heterocycles. The van der Waals surface area contributed by atoms with Gasteiger partial charge >= 0.3 is 0 Å². The van der Waals surface area contributed by atoms with E-state index in [2.05, 4.69) is 48.0 Å². The fourth-order valence-electron chi connectivity index (χ4n) is 16.9. The highest BCUT2D eigenvalue weighted by atomic mass is 15.2. The Hall–Kier alpha value is -0.600. The second-order valence-electron chi connectivity index (χ2n) is 23.5. The number of fused-ring (bicyclic) bond motifs is 3. The average Bonchev–Trinajstić information content (AvgIpc) is 3.49. The maximum Gasteiger partial charge on any atom is 0.0104 e. The van der Waals surface area contributed by atoms with E-state index in [9.17, 15) is 0 Å². The normalized spacial score (nSPS) is 40.9. The van der Waals surface area contributed by atoms with Crippen LogP contribution in [0.25, 0.3) is 0 Å². The molecule has 0 bridgehead atoms. The lowest BCUT2D eigenvalue weighted by Crippen LogP contribution is -2.54. The van der Waals surface area contributed by atoms with Crippen molar-refractivity contribution in [3.05, 3.63) is 24.3 Å². The molecule has 0 aromatic heterocycles. The van der Waals surface area contributed by atoms with Crippen LogP contribution in [0.1, 0.15) is 232 Å². The molecule has 9 aliphatic carbocycles. The molecule has 0 N–H and O–H groups in total. The third kappa shape index (κ3) is 9.73. The number of allylic oxidation sites excluding steroid dienone is 4. The van der Waals surface area contributed by atoms with E-state index in [0.717, 1.165) is 83.6 Å². The first-order valence-electron chi connectivity index (χ1n) is 26.9. The minimum absolute atomic E-state index is 0.506. The summed E-state index contributed by atoms with van der Waals surface area (Å²) in [6, 6.07) is 5.24. The molecule has 9 saturated carbocycles. The average molecular weight is 781 g/mol. The first-order chi connectivity index (χ1) is 28.0. The van der Waals surface area contributed by atoms with Crippen LogP contribution in [0.3, 0.4) is 0 Å². The van der Waals surface area contributed by atoms with E-state index in [1.165, 1.54) is 205 Å². The molecule has 57 heavy (non-hydrogen) atoms. The molecule has 0 aromatic carbocycles.